The van der Waals surface area contributed by atoms with Gasteiger partial charge in [-0.1, -0.05) is 0 Å². The predicted molar refractivity (Wildman–Crippen MR) is 109 cm³/mol. The van der Waals surface area contributed by atoms with Crippen LogP contribution in [0.15, 0.2) is 53.4 Å². The summed E-state index contributed by atoms with van der Waals surface area (Å²) in [5.41, 5.74) is 1.18. The maximum absolute atomic E-state index is 12.6. The van der Waals surface area contributed by atoms with Crippen LogP contribution in [0.25, 0.3) is 0 Å². The van der Waals surface area contributed by atoms with Crippen LogP contribution >= 0.6 is 12.2 Å². The molecule has 11 heteroatoms. The highest BCUT2D eigenvalue weighted by atomic mass is 32.2. The fourth-order valence-corrected chi connectivity index (χ4v) is 4.30. The summed E-state index contributed by atoms with van der Waals surface area (Å²) < 4.78 is 60.4. The number of hydrogen-bond donors (Lipinski definition) is 2. The first-order valence-electron chi connectivity index (χ1n) is 8.65. The van der Waals surface area contributed by atoms with Gasteiger partial charge in [0, 0.05) is 24.5 Å². The van der Waals surface area contributed by atoms with Crippen molar-refractivity contribution >= 4 is 38.7 Å². The molecule has 29 heavy (non-hydrogen) atoms. The van der Waals surface area contributed by atoms with E-state index in [1.807, 2.05) is 0 Å². The molecule has 1 fully saturated rings. The van der Waals surface area contributed by atoms with Gasteiger partial charge in [-0.15, -0.1) is 0 Å². The van der Waals surface area contributed by atoms with Gasteiger partial charge in [0.2, 0.25) is 10.0 Å². The van der Waals surface area contributed by atoms with Crippen LogP contribution < -0.4 is 15.4 Å². The molecule has 0 aliphatic carbocycles. The van der Waals surface area contributed by atoms with Gasteiger partial charge in [0.05, 0.1) is 18.1 Å². The Morgan fingerprint density at radius 2 is 1.52 bits per heavy atom. The lowest BCUT2D eigenvalue weighted by atomic mass is 10.3. The second-order valence-corrected chi connectivity index (χ2v) is 8.37. The molecule has 156 valence electrons. The van der Waals surface area contributed by atoms with Gasteiger partial charge in [-0.25, -0.2) is 8.42 Å². The number of rotatable bonds is 6. The van der Waals surface area contributed by atoms with Crippen LogP contribution in [0.1, 0.15) is 0 Å². The molecule has 1 saturated heterocycles. The molecule has 0 unspecified atom stereocenters. The van der Waals surface area contributed by atoms with Crippen molar-refractivity contribution in [2.24, 2.45) is 0 Å². The zero-order chi connectivity index (χ0) is 20.9. The van der Waals surface area contributed by atoms with E-state index in [-0.39, 0.29) is 15.8 Å². The molecule has 0 spiro atoms. The fraction of sp³-hybridized carbons (Fsp3) is 0.278. The molecule has 0 radical (unpaired) electrons. The Balaban J connectivity index is 1.58. The first-order chi connectivity index (χ1) is 13.8. The Hall–Kier alpha value is -2.34. The molecule has 0 aromatic heterocycles. The average Bonchev–Trinajstić information content (AvgIpc) is 2.70. The normalized spacial score (nSPS) is 15.1. The van der Waals surface area contributed by atoms with Crippen molar-refractivity contribution in [3.8, 4) is 5.75 Å². The number of anilines is 2. The van der Waals surface area contributed by atoms with Crippen molar-refractivity contribution in [1.82, 2.24) is 4.31 Å². The SMILES string of the molecule is O=S(=O)(c1ccc(NC(=S)Nc2ccc(OC(F)F)cc2)cc1)N1CCOCC1. The molecule has 1 heterocycles. The minimum absolute atomic E-state index is 0.0430. The molecular formula is C18H19F2N3O4S2. The van der Waals surface area contributed by atoms with Gasteiger partial charge >= 0.3 is 6.61 Å². The van der Waals surface area contributed by atoms with Crippen LogP contribution in [0.5, 0.6) is 5.75 Å². The van der Waals surface area contributed by atoms with Gasteiger partial charge in [-0.2, -0.15) is 13.1 Å². The molecule has 0 amide bonds. The number of ether oxygens (including phenoxy) is 2. The van der Waals surface area contributed by atoms with Crippen LogP contribution in [0.3, 0.4) is 0 Å². The molecule has 0 saturated carbocycles. The maximum Gasteiger partial charge on any atom is 0.387 e. The molecule has 0 atom stereocenters. The van der Waals surface area contributed by atoms with Crippen molar-refractivity contribution in [2.75, 3.05) is 36.9 Å². The van der Waals surface area contributed by atoms with Crippen molar-refractivity contribution < 1.29 is 26.7 Å². The lowest BCUT2D eigenvalue weighted by Crippen LogP contribution is -2.40. The minimum atomic E-state index is -3.56. The Kier molecular flexibility index (Phi) is 6.96. The summed E-state index contributed by atoms with van der Waals surface area (Å²) in [4.78, 5) is 0.193. The fourth-order valence-electron chi connectivity index (χ4n) is 2.66. The lowest BCUT2D eigenvalue weighted by molar-refractivity contribution is -0.0498. The number of hydrogen-bond acceptors (Lipinski definition) is 5. The number of morpholine rings is 1. The topological polar surface area (TPSA) is 79.9 Å². The molecule has 2 N–H and O–H groups in total. The number of nitrogens with one attached hydrogen (secondary N) is 2. The number of thiocarbonyl (C=S) groups is 1. The zero-order valence-electron chi connectivity index (χ0n) is 15.2. The minimum Gasteiger partial charge on any atom is -0.435 e. The Morgan fingerprint density at radius 1 is 1.00 bits per heavy atom. The van der Waals surface area contributed by atoms with Crippen LogP contribution in [0.2, 0.25) is 0 Å². The first-order valence-corrected chi connectivity index (χ1v) is 10.5. The number of halogens is 2. The van der Waals surface area contributed by atoms with Crippen molar-refractivity contribution in [3.05, 3.63) is 48.5 Å². The summed E-state index contributed by atoms with van der Waals surface area (Å²) in [5.74, 6) is 0.0430. The van der Waals surface area contributed by atoms with Gasteiger partial charge in [0.15, 0.2) is 5.11 Å². The highest BCUT2D eigenvalue weighted by Gasteiger charge is 2.26. The Bertz CT molecular complexity index is 933. The van der Waals surface area contributed by atoms with E-state index in [0.717, 1.165) is 0 Å². The monoisotopic (exact) mass is 443 g/mol. The molecule has 0 bridgehead atoms. The van der Waals surface area contributed by atoms with Crippen LogP contribution in [-0.2, 0) is 14.8 Å². The molecule has 1 aliphatic heterocycles. The van der Waals surface area contributed by atoms with Gasteiger partial charge in [-0.3, -0.25) is 0 Å². The third kappa shape index (κ3) is 5.82. The summed E-state index contributed by atoms with van der Waals surface area (Å²) in [5, 5.41) is 6.10. The molecular weight excluding hydrogens is 424 g/mol. The van der Waals surface area contributed by atoms with E-state index in [1.54, 1.807) is 24.3 Å². The van der Waals surface area contributed by atoms with E-state index in [2.05, 4.69) is 15.4 Å². The average molecular weight is 443 g/mol. The standard InChI is InChI=1S/C18H19F2N3O4S2/c19-17(20)27-15-5-1-13(2-6-15)21-18(28)22-14-3-7-16(8-4-14)29(24,25)23-9-11-26-12-10-23/h1-8,17H,9-12H2,(H2,21,22,28). The van der Waals surface area contributed by atoms with Gasteiger partial charge < -0.3 is 20.1 Å². The van der Waals surface area contributed by atoms with E-state index in [0.29, 0.717) is 37.7 Å². The number of nitrogens with zero attached hydrogens (tertiary/aromatic N) is 1. The summed E-state index contributed by atoms with van der Waals surface area (Å²) in [6.07, 6.45) is 0. The van der Waals surface area contributed by atoms with Gasteiger partial charge in [0.25, 0.3) is 0 Å². The Morgan fingerprint density at radius 3 is 2.03 bits per heavy atom. The van der Waals surface area contributed by atoms with Gasteiger partial charge in [0.1, 0.15) is 5.75 Å². The van der Waals surface area contributed by atoms with Crippen molar-refractivity contribution in [2.45, 2.75) is 11.5 Å². The third-order valence-corrected chi connectivity index (χ3v) is 6.17. The predicted octanol–water partition coefficient (Wildman–Crippen LogP) is 3.12. The third-order valence-electron chi connectivity index (χ3n) is 4.06. The number of sulfonamides is 1. The smallest absolute Gasteiger partial charge is 0.387 e. The second-order valence-electron chi connectivity index (χ2n) is 6.02. The molecule has 3 rings (SSSR count). The van der Waals surface area contributed by atoms with E-state index >= 15 is 0 Å². The van der Waals surface area contributed by atoms with E-state index in [4.69, 9.17) is 17.0 Å². The quantitative estimate of drug-likeness (QED) is 0.664. The first kappa shape index (κ1) is 21.4. The molecule has 7 nitrogen and oxygen atoms in total. The highest BCUT2D eigenvalue weighted by Crippen LogP contribution is 2.20. The maximum atomic E-state index is 12.6. The van der Waals surface area contributed by atoms with Crippen LogP contribution in [0, 0.1) is 0 Å². The summed E-state index contributed by atoms with van der Waals surface area (Å²) in [7, 11) is -3.56. The van der Waals surface area contributed by atoms with Gasteiger partial charge in [-0.05, 0) is 60.7 Å². The number of alkyl halides is 2. The second kappa shape index (κ2) is 9.44. The lowest BCUT2D eigenvalue weighted by Gasteiger charge is -2.26. The number of benzene rings is 2. The zero-order valence-corrected chi connectivity index (χ0v) is 16.8. The molecule has 2 aromatic rings. The van der Waals surface area contributed by atoms with Crippen molar-refractivity contribution in [1.29, 1.82) is 0 Å². The highest BCUT2D eigenvalue weighted by molar-refractivity contribution is 7.89. The summed E-state index contributed by atoms with van der Waals surface area (Å²) in [6.45, 7) is -1.46. The molecule has 1 aliphatic rings. The van der Waals surface area contributed by atoms with Crippen molar-refractivity contribution in [3.63, 3.8) is 0 Å². The summed E-state index contributed by atoms with van der Waals surface area (Å²) in [6, 6.07) is 12.1. The van der Waals surface area contributed by atoms with Crippen LogP contribution in [0.4, 0.5) is 20.2 Å². The van der Waals surface area contributed by atoms with E-state index in [9.17, 15) is 17.2 Å². The van der Waals surface area contributed by atoms with E-state index < -0.39 is 16.6 Å². The largest absolute Gasteiger partial charge is 0.435 e. The molecule has 2 aromatic carbocycles. The van der Waals surface area contributed by atoms with Crippen LogP contribution in [-0.4, -0.2) is 50.8 Å². The Labute approximate surface area is 172 Å². The summed E-state index contributed by atoms with van der Waals surface area (Å²) >= 11 is 5.22. The van der Waals surface area contributed by atoms with E-state index in [1.165, 1.54) is 28.6 Å².